The summed E-state index contributed by atoms with van der Waals surface area (Å²) in [4.78, 5) is 14.4. The lowest BCUT2D eigenvalue weighted by atomic mass is 10.0. The first-order valence-electron chi connectivity index (χ1n) is 7.04. The van der Waals surface area contributed by atoms with Crippen LogP contribution < -0.4 is 5.63 Å². The quantitative estimate of drug-likeness (QED) is 0.852. The van der Waals surface area contributed by atoms with Crippen LogP contribution in [-0.4, -0.2) is 29.6 Å². The minimum atomic E-state index is -0.298. The van der Waals surface area contributed by atoms with Gasteiger partial charge in [-0.3, -0.25) is 0 Å². The van der Waals surface area contributed by atoms with Crippen molar-refractivity contribution in [2.45, 2.75) is 27.2 Å². The number of nitrogens with zero attached hydrogens (tertiary/aromatic N) is 1. The molecule has 4 nitrogen and oxygen atoms in total. The molecule has 4 heteroatoms. The van der Waals surface area contributed by atoms with Crippen molar-refractivity contribution < 1.29 is 9.52 Å². The Hall–Kier alpha value is -1.81. The molecule has 0 bridgehead atoms. The Labute approximate surface area is 118 Å². The lowest BCUT2D eigenvalue weighted by molar-refractivity contribution is 0.306. The molecule has 1 heterocycles. The zero-order chi connectivity index (χ0) is 14.7. The average Bonchev–Trinajstić information content (AvgIpc) is 2.42. The summed E-state index contributed by atoms with van der Waals surface area (Å²) >= 11 is 0. The van der Waals surface area contributed by atoms with Crippen LogP contribution in [0.5, 0.6) is 5.75 Å². The van der Waals surface area contributed by atoms with Gasteiger partial charge in [-0.2, -0.15) is 0 Å². The van der Waals surface area contributed by atoms with E-state index in [1.807, 2.05) is 6.92 Å². The van der Waals surface area contributed by atoms with Crippen LogP contribution in [-0.2, 0) is 6.42 Å². The molecule has 2 aromatic rings. The van der Waals surface area contributed by atoms with Crippen LogP contribution in [0, 0.1) is 6.92 Å². The summed E-state index contributed by atoms with van der Waals surface area (Å²) in [6, 6.07) is 4.89. The van der Waals surface area contributed by atoms with E-state index < -0.39 is 0 Å². The molecule has 0 atom stereocenters. The summed E-state index contributed by atoms with van der Waals surface area (Å²) in [7, 11) is 0. The van der Waals surface area contributed by atoms with Gasteiger partial charge in [0.2, 0.25) is 0 Å². The van der Waals surface area contributed by atoms with Gasteiger partial charge in [-0.1, -0.05) is 13.8 Å². The van der Waals surface area contributed by atoms with Crippen molar-refractivity contribution in [2.75, 3.05) is 19.6 Å². The molecule has 0 radical (unpaired) electrons. The second-order valence-corrected chi connectivity index (χ2v) is 4.95. The van der Waals surface area contributed by atoms with Crippen molar-refractivity contribution >= 4 is 11.0 Å². The fraction of sp³-hybridized carbons (Fsp3) is 0.438. The van der Waals surface area contributed by atoms with Crippen molar-refractivity contribution in [3.63, 3.8) is 0 Å². The molecule has 0 spiro atoms. The van der Waals surface area contributed by atoms with E-state index in [0.29, 0.717) is 12.0 Å². The molecular weight excluding hydrogens is 254 g/mol. The zero-order valence-electron chi connectivity index (χ0n) is 12.3. The maximum Gasteiger partial charge on any atom is 0.339 e. The van der Waals surface area contributed by atoms with Crippen molar-refractivity contribution in [1.29, 1.82) is 0 Å². The van der Waals surface area contributed by atoms with E-state index in [2.05, 4.69) is 18.7 Å². The molecule has 0 aliphatic carbocycles. The van der Waals surface area contributed by atoms with Gasteiger partial charge < -0.3 is 14.4 Å². The Bertz CT molecular complexity index is 657. The number of phenolic OH excluding ortho intramolecular Hbond substituents is 1. The number of hydrogen-bond acceptors (Lipinski definition) is 4. The summed E-state index contributed by atoms with van der Waals surface area (Å²) in [6.07, 6.45) is 0.687. The smallest absolute Gasteiger partial charge is 0.339 e. The highest BCUT2D eigenvalue weighted by Crippen LogP contribution is 2.23. The van der Waals surface area contributed by atoms with Crippen LogP contribution >= 0.6 is 0 Å². The Morgan fingerprint density at radius 1 is 1.25 bits per heavy atom. The van der Waals surface area contributed by atoms with Crippen LogP contribution in [0.4, 0.5) is 0 Å². The number of fused-ring (bicyclic) bond motifs is 1. The molecule has 1 aromatic heterocycles. The first-order chi connectivity index (χ1) is 9.56. The zero-order valence-corrected chi connectivity index (χ0v) is 12.3. The number of rotatable bonds is 5. The molecule has 0 fully saturated rings. The molecule has 0 saturated carbocycles. The highest BCUT2D eigenvalue weighted by Gasteiger charge is 2.12. The summed E-state index contributed by atoms with van der Waals surface area (Å²) < 4.78 is 5.32. The van der Waals surface area contributed by atoms with Gasteiger partial charge >= 0.3 is 5.63 Å². The molecule has 0 aliphatic rings. The highest BCUT2D eigenvalue weighted by atomic mass is 16.4. The standard InChI is InChI=1S/C16H21NO3/c1-4-17(5-2)9-8-14-11(3)13-7-6-12(18)10-15(13)20-16(14)19/h6-7,10,18H,4-5,8-9H2,1-3H3. The lowest BCUT2D eigenvalue weighted by Crippen LogP contribution is -2.27. The number of aromatic hydroxyl groups is 1. The van der Waals surface area contributed by atoms with Crippen LogP contribution in [0.3, 0.4) is 0 Å². The molecule has 108 valence electrons. The number of phenols is 1. The molecule has 1 N–H and O–H groups in total. The molecule has 0 aliphatic heterocycles. The molecule has 0 unspecified atom stereocenters. The maximum absolute atomic E-state index is 12.1. The van der Waals surface area contributed by atoms with E-state index in [4.69, 9.17) is 4.42 Å². The minimum absolute atomic E-state index is 0.107. The van der Waals surface area contributed by atoms with Gasteiger partial charge in [0.1, 0.15) is 11.3 Å². The fourth-order valence-electron chi connectivity index (χ4n) is 2.48. The summed E-state index contributed by atoms with van der Waals surface area (Å²) in [5.41, 5.74) is 1.82. The normalized spacial score (nSPS) is 11.4. The number of aryl methyl sites for hydroxylation is 1. The van der Waals surface area contributed by atoms with Crippen molar-refractivity contribution in [3.05, 3.63) is 39.7 Å². The topological polar surface area (TPSA) is 53.7 Å². The van der Waals surface area contributed by atoms with E-state index in [1.165, 1.54) is 6.07 Å². The first-order valence-corrected chi connectivity index (χ1v) is 7.04. The maximum atomic E-state index is 12.1. The number of benzene rings is 1. The van der Waals surface area contributed by atoms with E-state index in [-0.39, 0.29) is 11.4 Å². The highest BCUT2D eigenvalue weighted by molar-refractivity contribution is 5.82. The van der Waals surface area contributed by atoms with E-state index >= 15 is 0 Å². The predicted molar refractivity (Wildman–Crippen MR) is 80.4 cm³/mol. The summed E-state index contributed by atoms with van der Waals surface area (Å²) in [6.45, 7) is 8.96. The third-order valence-corrected chi connectivity index (χ3v) is 3.84. The van der Waals surface area contributed by atoms with Gasteiger partial charge in [-0.05, 0) is 44.1 Å². The molecule has 20 heavy (non-hydrogen) atoms. The van der Waals surface area contributed by atoms with Crippen LogP contribution in [0.2, 0.25) is 0 Å². The van der Waals surface area contributed by atoms with Gasteiger partial charge in [0.05, 0.1) is 0 Å². The Kier molecular flexibility index (Phi) is 4.45. The Morgan fingerprint density at radius 3 is 2.60 bits per heavy atom. The van der Waals surface area contributed by atoms with E-state index in [0.717, 1.165) is 36.1 Å². The monoisotopic (exact) mass is 275 g/mol. The average molecular weight is 275 g/mol. The van der Waals surface area contributed by atoms with E-state index in [9.17, 15) is 9.90 Å². The van der Waals surface area contributed by atoms with Crippen LogP contribution in [0.25, 0.3) is 11.0 Å². The van der Waals surface area contributed by atoms with Crippen molar-refractivity contribution in [2.24, 2.45) is 0 Å². The molecule has 2 rings (SSSR count). The SMILES string of the molecule is CCN(CC)CCc1c(C)c2ccc(O)cc2oc1=O. The van der Waals surface area contributed by atoms with Gasteiger partial charge in [0, 0.05) is 23.6 Å². The third-order valence-electron chi connectivity index (χ3n) is 3.84. The molecular formula is C16H21NO3. The third kappa shape index (κ3) is 2.85. The molecule has 0 amide bonds. The largest absolute Gasteiger partial charge is 0.508 e. The van der Waals surface area contributed by atoms with Crippen LogP contribution in [0.1, 0.15) is 25.0 Å². The first kappa shape index (κ1) is 14.6. The molecule has 1 aromatic carbocycles. The van der Waals surface area contributed by atoms with Crippen molar-refractivity contribution in [3.8, 4) is 5.75 Å². The Morgan fingerprint density at radius 2 is 1.95 bits per heavy atom. The fourth-order valence-corrected chi connectivity index (χ4v) is 2.48. The second kappa shape index (κ2) is 6.09. The van der Waals surface area contributed by atoms with Gasteiger partial charge in [-0.15, -0.1) is 0 Å². The van der Waals surface area contributed by atoms with Crippen molar-refractivity contribution in [1.82, 2.24) is 4.90 Å². The summed E-state index contributed by atoms with van der Waals surface area (Å²) in [5.74, 6) is 0.107. The second-order valence-electron chi connectivity index (χ2n) is 4.95. The minimum Gasteiger partial charge on any atom is -0.508 e. The van der Waals surface area contributed by atoms with Crippen LogP contribution in [0.15, 0.2) is 27.4 Å². The predicted octanol–water partition coefficient (Wildman–Crippen LogP) is 2.69. The summed E-state index contributed by atoms with van der Waals surface area (Å²) in [5, 5.41) is 10.3. The van der Waals surface area contributed by atoms with E-state index in [1.54, 1.807) is 12.1 Å². The molecule has 0 saturated heterocycles. The van der Waals surface area contributed by atoms with Gasteiger partial charge in [-0.25, -0.2) is 4.79 Å². The number of hydrogen-bond donors (Lipinski definition) is 1. The van der Waals surface area contributed by atoms with Gasteiger partial charge in [0.15, 0.2) is 0 Å². The lowest BCUT2D eigenvalue weighted by Gasteiger charge is -2.18. The van der Waals surface area contributed by atoms with Gasteiger partial charge in [0.25, 0.3) is 0 Å². The number of likely N-dealkylation sites (N-methyl/N-ethyl adjacent to an activating group) is 1. The Balaban J connectivity index is 2.39.